The van der Waals surface area contributed by atoms with Gasteiger partial charge in [-0.15, -0.1) is 10.2 Å². The highest BCUT2D eigenvalue weighted by molar-refractivity contribution is 7.14. The quantitative estimate of drug-likeness (QED) is 0.127. The first-order chi connectivity index (χ1) is 15.7. The third-order valence-corrected chi connectivity index (χ3v) is 6.81. The van der Waals surface area contributed by atoms with Crippen molar-refractivity contribution in [3.8, 4) is 16.3 Å². The van der Waals surface area contributed by atoms with E-state index < -0.39 is 0 Å². The lowest BCUT2D eigenvalue weighted by Crippen LogP contribution is -2.07. The normalized spacial score (nSPS) is 11.1. The Bertz CT molecular complexity index is 742. The molecule has 0 aliphatic heterocycles. The molecular formula is C27H42N2O2S. The minimum absolute atomic E-state index is 0.142. The van der Waals surface area contributed by atoms with Gasteiger partial charge in [-0.1, -0.05) is 102 Å². The molecule has 0 spiro atoms. The molecule has 0 amide bonds. The fourth-order valence-corrected chi connectivity index (χ4v) is 4.67. The van der Waals surface area contributed by atoms with Crippen molar-refractivity contribution in [3.63, 3.8) is 0 Å². The predicted molar refractivity (Wildman–Crippen MR) is 135 cm³/mol. The summed E-state index contributed by atoms with van der Waals surface area (Å²) in [6.07, 6.45) is 19.1. The van der Waals surface area contributed by atoms with Gasteiger partial charge in [0.15, 0.2) is 0 Å². The van der Waals surface area contributed by atoms with Gasteiger partial charge >= 0.3 is 5.97 Å². The van der Waals surface area contributed by atoms with E-state index in [1.165, 1.54) is 77.0 Å². The van der Waals surface area contributed by atoms with Crippen LogP contribution in [-0.4, -0.2) is 16.2 Å². The highest BCUT2D eigenvalue weighted by Crippen LogP contribution is 2.26. The van der Waals surface area contributed by atoms with Crippen LogP contribution in [0.3, 0.4) is 0 Å². The fourth-order valence-electron chi connectivity index (χ4n) is 3.78. The van der Waals surface area contributed by atoms with Crippen LogP contribution >= 0.6 is 11.3 Å². The van der Waals surface area contributed by atoms with E-state index in [9.17, 15) is 4.79 Å². The summed E-state index contributed by atoms with van der Waals surface area (Å²) < 4.78 is 5.47. The van der Waals surface area contributed by atoms with Gasteiger partial charge in [-0.3, -0.25) is 4.79 Å². The Morgan fingerprint density at radius 2 is 1.31 bits per heavy atom. The molecule has 0 bridgehead atoms. The van der Waals surface area contributed by atoms with Crippen molar-refractivity contribution in [2.24, 2.45) is 0 Å². The van der Waals surface area contributed by atoms with E-state index in [1.54, 1.807) is 11.3 Å². The summed E-state index contributed by atoms with van der Waals surface area (Å²) >= 11 is 1.67. The maximum absolute atomic E-state index is 12.0. The Balaban J connectivity index is 1.65. The third-order valence-electron chi connectivity index (χ3n) is 5.78. The molecule has 2 rings (SSSR count). The van der Waals surface area contributed by atoms with E-state index in [0.717, 1.165) is 34.8 Å². The first-order valence-electron chi connectivity index (χ1n) is 12.9. The zero-order valence-electron chi connectivity index (χ0n) is 20.2. The first-order valence-corrected chi connectivity index (χ1v) is 13.7. The van der Waals surface area contributed by atoms with E-state index in [0.29, 0.717) is 12.2 Å². The highest BCUT2D eigenvalue weighted by Gasteiger charge is 2.09. The smallest absolute Gasteiger partial charge is 0.311 e. The zero-order chi connectivity index (χ0) is 22.9. The zero-order valence-corrected chi connectivity index (χ0v) is 21.1. The molecule has 2 aromatic rings. The molecule has 1 heterocycles. The fraction of sp³-hybridized carbons (Fsp3) is 0.667. The number of aryl methyl sites for hydroxylation is 1. The van der Waals surface area contributed by atoms with Gasteiger partial charge in [0, 0.05) is 18.4 Å². The molecule has 0 atom stereocenters. The van der Waals surface area contributed by atoms with Crippen LogP contribution in [0.5, 0.6) is 5.75 Å². The summed E-state index contributed by atoms with van der Waals surface area (Å²) in [5.41, 5.74) is 1.03. The van der Waals surface area contributed by atoms with Crippen molar-refractivity contribution < 1.29 is 9.53 Å². The van der Waals surface area contributed by atoms with Crippen molar-refractivity contribution in [1.29, 1.82) is 0 Å². The summed E-state index contributed by atoms with van der Waals surface area (Å²) in [6, 6.07) is 7.64. The van der Waals surface area contributed by atoms with Crippen LogP contribution < -0.4 is 4.74 Å². The molecule has 0 saturated carbocycles. The van der Waals surface area contributed by atoms with Crippen molar-refractivity contribution in [2.75, 3.05) is 0 Å². The molecule has 0 aliphatic carbocycles. The first kappa shape index (κ1) is 26.5. The predicted octanol–water partition coefficient (Wildman–Crippen LogP) is 8.54. The topological polar surface area (TPSA) is 52.1 Å². The largest absolute Gasteiger partial charge is 0.427 e. The Morgan fingerprint density at radius 3 is 1.94 bits per heavy atom. The van der Waals surface area contributed by atoms with E-state index in [4.69, 9.17) is 4.74 Å². The summed E-state index contributed by atoms with van der Waals surface area (Å²) in [5.74, 6) is 0.463. The molecule has 1 aromatic carbocycles. The number of rotatable bonds is 18. The number of carbonyl (C=O) groups excluding carboxylic acids is 1. The number of esters is 1. The summed E-state index contributed by atoms with van der Waals surface area (Å²) in [7, 11) is 0. The van der Waals surface area contributed by atoms with Crippen molar-refractivity contribution >= 4 is 17.3 Å². The van der Waals surface area contributed by atoms with Crippen LogP contribution in [0.15, 0.2) is 24.3 Å². The third kappa shape index (κ3) is 11.2. The number of ether oxygens (including phenoxy) is 1. The number of unbranched alkanes of at least 4 members (excludes halogenated alkanes) is 12. The number of benzene rings is 1. The van der Waals surface area contributed by atoms with Gasteiger partial charge in [0.1, 0.15) is 15.8 Å². The van der Waals surface area contributed by atoms with Crippen LogP contribution in [0.25, 0.3) is 10.6 Å². The van der Waals surface area contributed by atoms with E-state index in [-0.39, 0.29) is 5.97 Å². The monoisotopic (exact) mass is 458 g/mol. The van der Waals surface area contributed by atoms with Crippen LogP contribution in [0, 0.1) is 0 Å². The second-order valence-corrected chi connectivity index (χ2v) is 9.80. The molecule has 0 saturated heterocycles. The second kappa shape index (κ2) is 16.8. The van der Waals surface area contributed by atoms with Gasteiger partial charge in [-0.05, 0) is 37.1 Å². The second-order valence-electron chi connectivity index (χ2n) is 8.74. The molecule has 0 radical (unpaired) electrons. The van der Waals surface area contributed by atoms with Gasteiger partial charge in [-0.25, -0.2) is 0 Å². The van der Waals surface area contributed by atoms with E-state index in [1.807, 2.05) is 24.3 Å². The highest BCUT2D eigenvalue weighted by atomic mass is 32.1. The number of hydrogen-bond donors (Lipinski definition) is 0. The number of carbonyl (C=O) groups is 1. The number of hydrogen-bond acceptors (Lipinski definition) is 5. The molecule has 1 aromatic heterocycles. The standard InChI is InChI=1S/C27H42N2O2S/c1-3-5-7-9-11-12-13-15-17-25-28-29-27(32-25)23-19-21-24(22-20-23)31-26(30)18-16-14-10-8-6-4-2/h19-22H,3-18H2,1-2H3. The van der Waals surface area contributed by atoms with Gasteiger partial charge < -0.3 is 4.74 Å². The molecule has 0 unspecified atom stereocenters. The molecule has 0 N–H and O–H groups in total. The molecule has 0 fully saturated rings. The maximum atomic E-state index is 12.0. The van der Waals surface area contributed by atoms with Gasteiger partial charge in [0.25, 0.3) is 0 Å². The van der Waals surface area contributed by atoms with Crippen molar-refractivity contribution in [2.45, 2.75) is 117 Å². The van der Waals surface area contributed by atoms with Gasteiger partial charge in [-0.2, -0.15) is 0 Å². The van der Waals surface area contributed by atoms with Crippen molar-refractivity contribution in [1.82, 2.24) is 10.2 Å². The molecule has 4 nitrogen and oxygen atoms in total. The van der Waals surface area contributed by atoms with E-state index in [2.05, 4.69) is 24.0 Å². The lowest BCUT2D eigenvalue weighted by molar-refractivity contribution is -0.134. The Hall–Kier alpha value is -1.75. The SMILES string of the molecule is CCCCCCCCCCc1nnc(-c2ccc(OC(=O)CCCCCCCC)cc2)s1. The van der Waals surface area contributed by atoms with Crippen LogP contribution in [0.1, 0.15) is 115 Å². The maximum Gasteiger partial charge on any atom is 0.311 e. The lowest BCUT2D eigenvalue weighted by Gasteiger charge is -2.05. The molecule has 32 heavy (non-hydrogen) atoms. The number of nitrogens with zero attached hydrogens (tertiary/aromatic N) is 2. The molecule has 178 valence electrons. The van der Waals surface area contributed by atoms with Crippen LogP contribution in [0.2, 0.25) is 0 Å². The number of aromatic nitrogens is 2. The molecule has 0 aliphatic rings. The van der Waals surface area contributed by atoms with Gasteiger partial charge in [0.2, 0.25) is 0 Å². The minimum Gasteiger partial charge on any atom is -0.427 e. The molecule has 5 heteroatoms. The Morgan fingerprint density at radius 1 is 0.750 bits per heavy atom. The lowest BCUT2D eigenvalue weighted by atomic mass is 10.1. The summed E-state index contributed by atoms with van der Waals surface area (Å²) in [6.45, 7) is 4.47. The minimum atomic E-state index is -0.142. The Kier molecular flexibility index (Phi) is 13.9. The van der Waals surface area contributed by atoms with E-state index >= 15 is 0 Å². The van der Waals surface area contributed by atoms with Gasteiger partial charge in [0.05, 0.1) is 0 Å². The Labute approximate surface area is 199 Å². The molecular weight excluding hydrogens is 416 g/mol. The van der Waals surface area contributed by atoms with Crippen LogP contribution in [-0.2, 0) is 11.2 Å². The average Bonchev–Trinajstić information content (AvgIpc) is 3.27. The average molecular weight is 459 g/mol. The van der Waals surface area contributed by atoms with Crippen LogP contribution in [0.4, 0.5) is 0 Å². The summed E-state index contributed by atoms with van der Waals surface area (Å²) in [5, 5.41) is 10.8. The van der Waals surface area contributed by atoms with Crippen molar-refractivity contribution in [3.05, 3.63) is 29.3 Å². The summed E-state index contributed by atoms with van der Waals surface area (Å²) in [4.78, 5) is 12.0.